The van der Waals surface area contributed by atoms with Crippen LogP contribution in [0.15, 0.2) is 48.5 Å². The van der Waals surface area contributed by atoms with E-state index in [1.54, 1.807) is 69.7 Å². The fourth-order valence-electron chi connectivity index (χ4n) is 2.54. The third-order valence-electron chi connectivity index (χ3n) is 3.86. The molecule has 0 aliphatic rings. The maximum absolute atomic E-state index is 12.6. The van der Waals surface area contributed by atoms with Gasteiger partial charge in [0.1, 0.15) is 28.8 Å². The minimum absolute atomic E-state index is 0.211. The molecule has 3 aromatic rings. The van der Waals surface area contributed by atoms with Gasteiger partial charge >= 0.3 is 0 Å². The van der Waals surface area contributed by atoms with Crippen molar-refractivity contribution in [3.8, 4) is 11.5 Å². The Morgan fingerprint density at radius 3 is 2.50 bits per heavy atom. The molecule has 0 saturated carbocycles. The van der Waals surface area contributed by atoms with Gasteiger partial charge in [0.15, 0.2) is 0 Å². The van der Waals surface area contributed by atoms with Gasteiger partial charge in [0.2, 0.25) is 0 Å². The molecule has 0 atom stereocenters. The van der Waals surface area contributed by atoms with Crippen molar-refractivity contribution in [2.75, 3.05) is 24.9 Å². The highest BCUT2D eigenvalue weighted by molar-refractivity contribution is 6.33. The van der Waals surface area contributed by atoms with Crippen LogP contribution in [0.3, 0.4) is 0 Å². The number of ether oxygens (including phenoxy) is 2. The number of aryl methyl sites for hydroxylation is 1. The Morgan fingerprint density at radius 2 is 1.79 bits per heavy atom. The number of para-hydroxylation sites is 1. The molecular weight excluding hydrogens is 380 g/mol. The van der Waals surface area contributed by atoms with E-state index in [-0.39, 0.29) is 11.6 Å². The minimum atomic E-state index is -0.386. The van der Waals surface area contributed by atoms with Gasteiger partial charge in [-0.25, -0.2) is 9.97 Å². The van der Waals surface area contributed by atoms with Gasteiger partial charge in [-0.05, 0) is 31.2 Å². The number of nitrogens with one attached hydrogen (secondary N) is 2. The van der Waals surface area contributed by atoms with Crippen molar-refractivity contribution in [3.63, 3.8) is 0 Å². The van der Waals surface area contributed by atoms with E-state index in [0.29, 0.717) is 39.5 Å². The summed E-state index contributed by atoms with van der Waals surface area (Å²) in [7, 11) is 3.15. The monoisotopic (exact) mass is 398 g/mol. The van der Waals surface area contributed by atoms with Crippen LogP contribution >= 0.6 is 11.6 Å². The van der Waals surface area contributed by atoms with E-state index in [2.05, 4.69) is 20.6 Å². The lowest BCUT2D eigenvalue weighted by Crippen LogP contribution is -2.15. The van der Waals surface area contributed by atoms with Gasteiger partial charge in [0.05, 0.1) is 30.6 Å². The Kier molecular flexibility index (Phi) is 5.96. The Balaban J connectivity index is 1.86. The molecule has 0 unspecified atom stereocenters. The topological polar surface area (TPSA) is 85.4 Å². The molecule has 144 valence electrons. The van der Waals surface area contributed by atoms with Crippen LogP contribution < -0.4 is 20.1 Å². The van der Waals surface area contributed by atoms with Crippen molar-refractivity contribution in [2.45, 2.75) is 6.92 Å². The highest BCUT2D eigenvalue weighted by Gasteiger charge is 2.14. The molecule has 0 saturated heterocycles. The lowest BCUT2D eigenvalue weighted by molar-refractivity contribution is 0.102. The molecule has 1 amide bonds. The second-order valence-electron chi connectivity index (χ2n) is 5.81. The summed E-state index contributed by atoms with van der Waals surface area (Å²) in [4.78, 5) is 21.2. The third kappa shape index (κ3) is 4.50. The molecule has 8 heteroatoms. The number of amides is 1. The van der Waals surface area contributed by atoms with Crippen LogP contribution in [0.1, 0.15) is 16.3 Å². The summed E-state index contributed by atoms with van der Waals surface area (Å²) in [6, 6.07) is 13.9. The molecule has 0 aliphatic carbocycles. The predicted octanol–water partition coefficient (Wildman–Crippen LogP) is 4.45. The number of benzene rings is 2. The molecule has 7 nitrogen and oxygen atoms in total. The summed E-state index contributed by atoms with van der Waals surface area (Å²) in [5.74, 6) is 1.77. The lowest BCUT2D eigenvalue weighted by Gasteiger charge is -2.13. The maximum atomic E-state index is 12.6. The maximum Gasteiger partial charge on any atom is 0.274 e. The standard InChI is InChI=1S/C20H19ClN4O3/c1-12-22-17(20(26)25-15-7-5-4-6-14(15)21)11-19(23-12)24-16-9-8-13(27-2)10-18(16)28-3/h4-11H,1-3H3,(H,25,26)(H,22,23,24). The van der Waals surface area contributed by atoms with Crippen molar-refractivity contribution >= 4 is 34.7 Å². The van der Waals surface area contributed by atoms with Crippen LogP contribution in [0, 0.1) is 6.92 Å². The fraction of sp³-hybridized carbons (Fsp3) is 0.150. The van der Waals surface area contributed by atoms with Gasteiger partial charge in [0.25, 0.3) is 5.91 Å². The van der Waals surface area contributed by atoms with Gasteiger partial charge in [-0.2, -0.15) is 0 Å². The first kappa shape index (κ1) is 19.4. The molecule has 0 radical (unpaired) electrons. The van der Waals surface area contributed by atoms with E-state index in [0.717, 1.165) is 0 Å². The lowest BCUT2D eigenvalue weighted by atomic mass is 10.2. The molecule has 2 aromatic carbocycles. The summed E-state index contributed by atoms with van der Waals surface area (Å²) >= 11 is 6.10. The molecular formula is C20H19ClN4O3. The zero-order valence-corrected chi connectivity index (χ0v) is 16.4. The Morgan fingerprint density at radius 1 is 1.00 bits per heavy atom. The normalized spacial score (nSPS) is 10.3. The highest BCUT2D eigenvalue weighted by Crippen LogP contribution is 2.31. The number of halogens is 1. The largest absolute Gasteiger partial charge is 0.497 e. The number of hydrogen-bond donors (Lipinski definition) is 2. The summed E-state index contributed by atoms with van der Waals surface area (Å²) in [5, 5.41) is 6.35. The summed E-state index contributed by atoms with van der Waals surface area (Å²) in [5.41, 5.74) is 1.40. The van der Waals surface area contributed by atoms with Gasteiger partial charge in [-0.1, -0.05) is 23.7 Å². The van der Waals surface area contributed by atoms with E-state index in [1.165, 1.54) is 0 Å². The van der Waals surface area contributed by atoms with Gasteiger partial charge < -0.3 is 20.1 Å². The molecule has 2 N–H and O–H groups in total. The smallest absolute Gasteiger partial charge is 0.274 e. The van der Waals surface area contributed by atoms with Gasteiger partial charge in [0, 0.05) is 12.1 Å². The second-order valence-corrected chi connectivity index (χ2v) is 6.22. The number of anilines is 3. The Hall–Kier alpha value is -3.32. The SMILES string of the molecule is COc1ccc(Nc2cc(C(=O)Nc3ccccc3Cl)nc(C)n2)c(OC)c1. The average Bonchev–Trinajstić information content (AvgIpc) is 2.69. The van der Waals surface area contributed by atoms with E-state index >= 15 is 0 Å². The number of carbonyl (C=O) groups excluding carboxylic acids is 1. The molecule has 0 aliphatic heterocycles. The first-order chi connectivity index (χ1) is 13.5. The zero-order valence-electron chi connectivity index (χ0n) is 15.6. The number of rotatable bonds is 6. The number of nitrogens with zero attached hydrogens (tertiary/aromatic N) is 2. The first-order valence-electron chi connectivity index (χ1n) is 8.41. The van der Waals surface area contributed by atoms with Crippen molar-refractivity contribution in [1.82, 2.24) is 9.97 Å². The van der Waals surface area contributed by atoms with E-state index < -0.39 is 0 Å². The van der Waals surface area contributed by atoms with Crippen molar-refractivity contribution in [2.24, 2.45) is 0 Å². The van der Waals surface area contributed by atoms with Gasteiger partial charge in [-0.3, -0.25) is 4.79 Å². The van der Waals surface area contributed by atoms with Crippen molar-refractivity contribution < 1.29 is 14.3 Å². The number of aromatic nitrogens is 2. The molecule has 3 rings (SSSR count). The van der Waals surface area contributed by atoms with Crippen molar-refractivity contribution in [3.05, 3.63) is 65.1 Å². The molecule has 0 bridgehead atoms. The summed E-state index contributed by atoms with van der Waals surface area (Å²) < 4.78 is 10.6. The predicted molar refractivity (Wildman–Crippen MR) is 109 cm³/mol. The molecule has 28 heavy (non-hydrogen) atoms. The Bertz CT molecular complexity index is 1010. The molecule has 1 heterocycles. The van der Waals surface area contributed by atoms with Crippen LogP contribution in [0.25, 0.3) is 0 Å². The van der Waals surface area contributed by atoms with Crippen molar-refractivity contribution in [1.29, 1.82) is 0 Å². The van der Waals surface area contributed by atoms with Gasteiger partial charge in [-0.15, -0.1) is 0 Å². The average molecular weight is 399 g/mol. The number of carbonyl (C=O) groups is 1. The zero-order chi connectivity index (χ0) is 20.1. The molecule has 0 spiro atoms. The third-order valence-corrected chi connectivity index (χ3v) is 4.19. The fourth-order valence-corrected chi connectivity index (χ4v) is 2.72. The quantitative estimate of drug-likeness (QED) is 0.638. The molecule has 0 fully saturated rings. The van der Waals surface area contributed by atoms with E-state index in [4.69, 9.17) is 21.1 Å². The number of methoxy groups -OCH3 is 2. The summed E-state index contributed by atoms with van der Waals surface area (Å²) in [6.07, 6.45) is 0. The van der Waals surface area contributed by atoms with E-state index in [9.17, 15) is 4.79 Å². The second kappa shape index (κ2) is 8.58. The summed E-state index contributed by atoms with van der Waals surface area (Å²) in [6.45, 7) is 1.71. The van der Waals surface area contributed by atoms with Crippen LogP contribution in [0.5, 0.6) is 11.5 Å². The van der Waals surface area contributed by atoms with Crippen LogP contribution in [-0.4, -0.2) is 30.1 Å². The molecule has 1 aromatic heterocycles. The van der Waals surface area contributed by atoms with Crippen LogP contribution in [0.2, 0.25) is 5.02 Å². The highest BCUT2D eigenvalue weighted by atomic mass is 35.5. The Labute approximate surface area is 167 Å². The minimum Gasteiger partial charge on any atom is -0.497 e. The van der Waals surface area contributed by atoms with Crippen LogP contribution in [0.4, 0.5) is 17.2 Å². The number of hydrogen-bond acceptors (Lipinski definition) is 6. The van der Waals surface area contributed by atoms with Crippen LogP contribution in [-0.2, 0) is 0 Å². The van der Waals surface area contributed by atoms with E-state index in [1.807, 2.05) is 0 Å². The first-order valence-corrected chi connectivity index (χ1v) is 8.78.